The Kier molecular flexibility index (Phi) is 5.35. The van der Waals surface area contributed by atoms with E-state index < -0.39 is 0 Å². The molecule has 2 amide bonds. The van der Waals surface area contributed by atoms with Crippen molar-refractivity contribution >= 4 is 34.4 Å². The molecule has 0 radical (unpaired) electrons. The molecule has 33 heavy (non-hydrogen) atoms. The fraction of sp³-hybridized carbons (Fsp3) is 0. The van der Waals surface area contributed by atoms with Crippen LogP contribution in [0.4, 0.5) is 11.5 Å². The Morgan fingerprint density at radius 2 is 1.33 bits per heavy atom. The average Bonchev–Trinajstić information content (AvgIpc) is 3.29. The SMILES string of the molecule is O=C(Nc1ccc(-c2nc3cc(NC(=O)c4ccccc4)ncc3[nH]2)cc1)c1ccccc1. The van der Waals surface area contributed by atoms with Crippen LogP contribution in [0.1, 0.15) is 20.7 Å². The van der Waals surface area contributed by atoms with Crippen LogP contribution in [0.3, 0.4) is 0 Å². The van der Waals surface area contributed by atoms with Gasteiger partial charge in [-0.15, -0.1) is 0 Å². The highest BCUT2D eigenvalue weighted by Gasteiger charge is 2.11. The van der Waals surface area contributed by atoms with E-state index in [4.69, 9.17) is 0 Å². The Labute approximate surface area is 189 Å². The van der Waals surface area contributed by atoms with E-state index in [1.165, 1.54) is 0 Å². The zero-order valence-electron chi connectivity index (χ0n) is 17.4. The fourth-order valence-electron chi connectivity index (χ4n) is 3.40. The van der Waals surface area contributed by atoms with Gasteiger partial charge in [-0.1, -0.05) is 36.4 Å². The van der Waals surface area contributed by atoms with E-state index in [1.807, 2.05) is 60.7 Å². The van der Waals surface area contributed by atoms with Crippen LogP contribution < -0.4 is 10.6 Å². The Balaban J connectivity index is 1.31. The lowest BCUT2D eigenvalue weighted by Gasteiger charge is -2.05. The van der Waals surface area contributed by atoms with Crippen LogP contribution in [0.15, 0.2) is 97.2 Å². The average molecular weight is 433 g/mol. The van der Waals surface area contributed by atoms with E-state index >= 15 is 0 Å². The summed E-state index contributed by atoms with van der Waals surface area (Å²) in [6, 6.07) is 27.2. The number of anilines is 2. The summed E-state index contributed by atoms with van der Waals surface area (Å²) in [6.07, 6.45) is 1.64. The molecule has 0 bridgehead atoms. The molecule has 0 fully saturated rings. The predicted molar refractivity (Wildman–Crippen MR) is 128 cm³/mol. The van der Waals surface area contributed by atoms with E-state index in [0.29, 0.717) is 34.0 Å². The smallest absolute Gasteiger partial charge is 0.256 e. The first-order valence-electron chi connectivity index (χ1n) is 10.3. The number of hydrogen-bond acceptors (Lipinski definition) is 4. The monoisotopic (exact) mass is 433 g/mol. The molecule has 0 aliphatic rings. The molecular formula is C26H19N5O2. The third-order valence-electron chi connectivity index (χ3n) is 5.10. The number of rotatable bonds is 5. The Morgan fingerprint density at radius 1 is 0.727 bits per heavy atom. The second-order valence-corrected chi connectivity index (χ2v) is 7.39. The molecule has 160 valence electrons. The molecule has 0 atom stereocenters. The van der Waals surface area contributed by atoms with E-state index in [9.17, 15) is 9.59 Å². The highest BCUT2D eigenvalue weighted by atomic mass is 16.2. The van der Waals surface area contributed by atoms with Crippen LogP contribution in [0.5, 0.6) is 0 Å². The van der Waals surface area contributed by atoms with Gasteiger partial charge < -0.3 is 15.6 Å². The first-order chi connectivity index (χ1) is 16.2. The van der Waals surface area contributed by atoms with Crippen molar-refractivity contribution in [3.05, 3.63) is 108 Å². The number of nitrogens with zero attached hydrogens (tertiary/aromatic N) is 2. The van der Waals surface area contributed by atoms with Gasteiger partial charge in [-0.05, 0) is 48.5 Å². The lowest BCUT2D eigenvalue weighted by molar-refractivity contribution is 0.101. The van der Waals surface area contributed by atoms with Crippen molar-refractivity contribution in [1.82, 2.24) is 15.0 Å². The first-order valence-corrected chi connectivity index (χ1v) is 10.3. The Hall–Kier alpha value is -4.78. The van der Waals surface area contributed by atoms with Crippen molar-refractivity contribution in [2.24, 2.45) is 0 Å². The summed E-state index contributed by atoms with van der Waals surface area (Å²) in [5.41, 5.74) is 4.15. The molecule has 3 N–H and O–H groups in total. The molecule has 5 rings (SSSR count). The number of amides is 2. The van der Waals surface area contributed by atoms with Crippen LogP contribution in [0, 0.1) is 0 Å². The van der Waals surface area contributed by atoms with E-state index in [-0.39, 0.29) is 11.8 Å². The number of nitrogens with one attached hydrogen (secondary N) is 3. The van der Waals surface area contributed by atoms with E-state index in [0.717, 1.165) is 11.1 Å². The summed E-state index contributed by atoms with van der Waals surface area (Å²) < 4.78 is 0. The lowest BCUT2D eigenvalue weighted by Crippen LogP contribution is -2.12. The molecule has 0 saturated carbocycles. The number of pyridine rings is 1. The number of aromatic nitrogens is 3. The molecule has 2 aromatic heterocycles. The van der Waals surface area contributed by atoms with Crippen molar-refractivity contribution < 1.29 is 9.59 Å². The summed E-state index contributed by atoms with van der Waals surface area (Å²) in [7, 11) is 0. The minimum absolute atomic E-state index is 0.164. The van der Waals surface area contributed by atoms with Crippen LogP contribution in [-0.2, 0) is 0 Å². The number of fused-ring (bicyclic) bond motifs is 1. The van der Waals surface area contributed by atoms with Gasteiger partial charge in [0, 0.05) is 28.4 Å². The third-order valence-corrected chi connectivity index (χ3v) is 5.10. The molecule has 0 unspecified atom stereocenters. The minimum Gasteiger partial charge on any atom is -0.337 e. The summed E-state index contributed by atoms with van der Waals surface area (Å²) in [6.45, 7) is 0. The first kappa shape index (κ1) is 20.1. The normalized spacial score (nSPS) is 10.7. The molecule has 2 heterocycles. The largest absolute Gasteiger partial charge is 0.337 e. The summed E-state index contributed by atoms with van der Waals surface area (Å²) in [5.74, 6) is 0.697. The van der Waals surface area contributed by atoms with Crippen LogP contribution in [-0.4, -0.2) is 26.8 Å². The summed E-state index contributed by atoms with van der Waals surface area (Å²) >= 11 is 0. The minimum atomic E-state index is -0.230. The Bertz CT molecular complexity index is 1430. The number of imidazole rings is 1. The highest BCUT2D eigenvalue weighted by Crippen LogP contribution is 2.23. The van der Waals surface area contributed by atoms with Crippen LogP contribution in [0.25, 0.3) is 22.4 Å². The molecule has 0 saturated heterocycles. The van der Waals surface area contributed by atoms with Crippen molar-refractivity contribution in [2.45, 2.75) is 0 Å². The van der Waals surface area contributed by atoms with Crippen LogP contribution in [0.2, 0.25) is 0 Å². The molecule has 0 aliphatic heterocycles. The van der Waals surface area contributed by atoms with Crippen molar-refractivity contribution in [1.29, 1.82) is 0 Å². The quantitative estimate of drug-likeness (QED) is 0.358. The van der Waals surface area contributed by atoms with Gasteiger partial charge in [-0.2, -0.15) is 0 Å². The van der Waals surface area contributed by atoms with Gasteiger partial charge >= 0.3 is 0 Å². The number of hydrogen-bond donors (Lipinski definition) is 3. The zero-order chi connectivity index (χ0) is 22.6. The zero-order valence-corrected chi connectivity index (χ0v) is 17.4. The molecule has 5 aromatic rings. The van der Waals surface area contributed by atoms with E-state index in [1.54, 1.807) is 36.5 Å². The maximum Gasteiger partial charge on any atom is 0.256 e. The van der Waals surface area contributed by atoms with Crippen molar-refractivity contribution in [2.75, 3.05) is 10.6 Å². The maximum absolute atomic E-state index is 12.4. The van der Waals surface area contributed by atoms with Gasteiger partial charge in [-0.25, -0.2) is 9.97 Å². The summed E-state index contributed by atoms with van der Waals surface area (Å²) in [4.78, 5) is 36.9. The van der Waals surface area contributed by atoms with Gasteiger partial charge in [0.1, 0.15) is 11.6 Å². The van der Waals surface area contributed by atoms with Gasteiger partial charge in [0.2, 0.25) is 0 Å². The maximum atomic E-state index is 12.4. The highest BCUT2D eigenvalue weighted by molar-refractivity contribution is 6.05. The van der Waals surface area contributed by atoms with Gasteiger partial charge in [0.25, 0.3) is 11.8 Å². The summed E-state index contributed by atoms with van der Waals surface area (Å²) in [5, 5.41) is 5.68. The number of carbonyl (C=O) groups is 2. The standard InChI is InChI=1S/C26H19N5O2/c32-25(18-7-3-1-4-8-18)28-20-13-11-17(12-14-20)24-29-21-15-23(27-16-22(21)30-24)31-26(33)19-9-5-2-6-10-19/h1-16H,(H,28,32)(H,29,30)(H,27,31,33). The molecular weight excluding hydrogens is 414 g/mol. The number of aromatic amines is 1. The van der Waals surface area contributed by atoms with Crippen molar-refractivity contribution in [3.63, 3.8) is 0 Å². The van der Waals surface area contributed by atoms with Gasteiger partial charge in [0.05, 0.1) is 17.2 Å². The Morgan fingerprint density at radius 3 is 1.97 bits per heavy atom. The molecule has 0 spiro atoms. The number of benzene rings is 3. The van der Waals surface area contributed by atoms with Gasteiger partial charge in [0.15, 0.2) is 0 Å². The van der Waals surface area contributed by atoms with E-state index in [2.05, 4.69) is 25.6 Å². The second kappa shape index (κ2) is 8.76. The molecule has 3 aromatic carbocycles. The van der Waals surface area contributed by atoms with Crippen molar-refractivity contribution in [3.8, 4) is 11.4 Å². The number of H-pyrrole nitrogens is 1. The molecule has 7 nitrogen and oxygen atoms in total. The lowest BCUT2D eigenvalue weighted by atomic mass is 10.1. The molecule has 0 aliphatic carbocycles. The second-order valence-electron chi connectivity index (χ2n) is 7.39. The number of carbonyl (C=O) groups excluding carboxylic acids is 2. The fourth-order valence-corrected chi connectivity index (χ4v) is 3.40. The third kappa shape index (κ3) is 4.47. The predicted octanol–water partition coefficient (Wildman–Crippen LogP) is 5.13. The molecule has 7 heteroatoms. The van der Waals surface area contributed by atoms with Crippen LogP contribution >= 0.6 is 0 Å². The van der Waals surface area contributed by atoms with Gasteiger partial charge in [-0.3, -0.25) is 9.59 Å². The topological polar surface area (TPSA) is 99.8 Å².